The lowest BCUT2D eigenvalue weighted by Crippen LogP contribution is -2.50. The summed E-state index contributed by atoms with van der Waals surface area (Å²) in [4.78, 5) is 32.6. The van der Waals surface area contributed by atoms with Gasteiger partial charge in [0.2, 0.25) is 0 Å². The van der Waals surface area contributed by atoms with Crippen LogP contribution in [0.25, 0.3) is 0 Å². The van der Waals surface area contributed by atoms with E-state index in [0.29, 0.717) is 31.9 Å². The molecule has 0 unspecified atom stereocenters. The third-order valence-corrected chi connectivity index (χ3v) is 4.48. The van der Waals surface area contributed by atoms with Crippen molar-refractivity contribution in [2.45, 2.75) is 6.92 Å². The molecule has 136 valence electrons. The number of carbonyl (C=O) groups excluding carboxylic acids is 2. The Morgan fingerprint density at radius 2 is 1.88 bits per heavy atom. The number of nitrogens with zero attached hydrogens (tertiary/aromatic N) is 3. The molecule has 1 aliphatic rings. The van der Waals surface area contributed by atoms with E-state index in [0.717, 1.165) is 11.4 Å². The van der Waals surface area contributed by atoms with Crippen molar-refractivity contribution in [2.75, 3.05) is 43.4 Å². The third kappa shape index (κ3) is 3.93. The monoisotopic (exact) mass is 354 g/mol. The summed E-state index contributed by atoms with van der Waals surface area (Å²) in [5.74, 6) is 0.123. The average Bonchev–Trinajstić information content (AvgIpc) is 2.69. The second kappa shape index (κ2) is 7.86. The number of amides is 1. The molecule has 7 heteroatoms. The molecule has 1 aliphatic heterocycles. The first kappa shape index (κ1) is 17.7. The van der Waals surface area contributed by atoms with Crippen LogP contribution >= 0.6 is 0 Å². The zero-order valence-electron chi connectivity index (χ0n) is 14.7. The smallest absolute Gasteiger partial charge is 0.340 e. The Hall–Kier alpha value is -3.09. The van der Waals surface area contributed by atoms with Gasteiger partial charge < -0.3 is 20.3 Å². The summed E-state index contributed by atoms with van der Waals surface area (Å²) >= 11 is 0. The van der Waals surface area contributed by atoms with Gasteiger partial charge in [-0.15, -0.1) is 0 Å². The van der Waals surface area contributed by atoms with E-state index >= 15 is 0 Å². The van der Waals surface area contributed by atoms with Crippen LogP contribution in [0.3, 0.4) is 0 Å². The standard InChI is InChI=1S/C19H22N4O3/c1-14-5-4-6-15(18(14)20)19(25)26-13-17(24)23-11-9-22(10-12-23)16-7-2-3-8-21-16/h2-8H,9-13,20H2,1H3. The zero-order valence-corrected chi connectivity index (χ0v) is 14.7. The van der Waals surface area contributed by atoms with E-state index in [2.05, 4.69) is 9.88 Å². The lowest BCUT2D eigenvalue weighted by atomic mass is 10.1. The van der Waals surface area contributed by atoms with Gasteiger partial charge in [0.25, 0.3) is 5.91 Å². The highest BCUT2D eigenvalue weighted by Gasteiger charge is 2.23. The summed E-state index contributed by atoms with van der Waals surface area (Å²) in [6.45, 7) is 4.07. The maximum Gasteiger partial charge on any atom is 0.340 e. The fourth-order valence-corrected chi connectivity index (χ4v) is 2.88. The molecule has 2 N–H and O–H groups in total. The summed E-state index contributed by atoms with van der Waals surface area (Å²) in [6, 6.07) is 10.9. The van der Waals surface area contributed by atoms with Crippen LogP contribution < -0.4 is 10.6 Å². The van der Waals surface area contributed by atoms with Crippen LogP contribution in [-0.4, -0.2) is 54.5 Å². The van der Waals surface area contributed by atoms with Gasteiger partial charge in [0.15, 0.2) is 6.61 Å². The highest BCUT2D eigenvalue weighted by Crippen LogP contribution is 2.17. The average molecular weight is 354 g/mol. The molecule has 2 aromatic rings. The van der Waals surface area contributed by atoms with Crippen LogP contribution in [0.1, 0.15) is 15.9 Å². The number of para-hydroxylation sites is 1. The summed E-state index contributed by atoms with van der Waals surface area (Å²) in [5.41, 5.74) is 7.37. The van der Waals surface area contributed by atoms with Crippen LogP contribution in [0.4, 0.5) is 11.5 Å². The Labute approximate surface area is 152 Å². The molecule has 7 nitrogen and oxygen atoms in total. The van der Waals surface area contributed by atoms with Crippen molar-refractivity contribution in [1.29, 1.82) is 0 Å². The predicted molar refractivity (Wildman–Crippen MR) is 98.9 cm³/mol. The maximum absolute atomic E-state index is 12.3. The Morgan fingerprint density at radius 3 is 2.58 bits per heavy atom. The van der Waals surface area contributed by atoms with E-state index in [9.17, 15) is 9.59 Å². The van der Waals surface area contributed by atoms with E-state index in [1.807, 2.05) is 31.2 Å². The fraction of sp³-hybridized carbons (Fsp3) is 0.316. The second-order valence-corrected chi connectivity index (χ2v) is 6.17. The van der Waals surface area contributed by atoms with Crippen molar-refractivity contribution in [1.82, 2.24) is 9.88 Å². The number of ether oxygens (including phenoxy) is 1. The molecular formula is C19H22N4O3. The van der Waals surface area contributed by atoms with Gasteiger partial charge in [-0.2, -0.15) is 0 Å². The number of carbonyl (C=O) groups is 2. The molecule has 1 aromatic heterocycles. The number of hydrogen-bond donors (Lipinski definition) is 1. The maximum atomic E-state index is 12.3. The molecule has 0 spiro atoms. The molecular weight excluding hydrogens is 332 g/mol. The Morgan fingerprint density at radius 1 is 1.12 bits per heavy atom. The van der Waals surface area contributed by atoms with Gasteiger partial charge in [-0.05, 0) is 30.7 Å². The third-order valence-electron chi connectivity index (χ3n) is 4.48. The minimum Gasteiger partial charge on any atom is -0.452 e. The number of benzene rings is 1. The highest BCUT2D eigenvalue weighted by molar-refractivity contribution is 5.96. The molecule has 0 atom stereocenters. The minimum absolute atomic E-state index is 0.203. The number of nitrogens with two attached hydrogens (primary N) is 1. The molecule has 1 fully saturated rings. The van der Waals surface area contributed by atoms with E-state index < -0.39 is 5.97 Å². The van der Waals surface area contributed by atoms with Crippen LogP contribution in [0.2, 0.25) is 0 Å². The molecule has 3 rings (SSSR count). The molecule has 26 heavy (non-hydrogen) atoms. The summed E-state index contributed by atoms with van der Waals surface area (Å²) < 4.78 is 5.15. The van der Waals surface area contributed by atoms with Crippen LogP contribution in [0.15, 0.2) is 42.6 Å². The lowest BCUT2D eigenvalue weighted by Gasteiger charge is -2.35. The number of pyridine rings is 1. The molecule has 1 amide bonds. The highest BCUT2D eigenvalue weighted by atomic mass is 16.5. The van der Waals surface area contributed by atoms with Gasteiger partial charge in [0.1, 0.15) is 5.82 Å². The van der Waals surface area contributed by atoms with Gasteiger partial charge in [-0.25, -0.2) is 9.78 Å². The fourth-order valence-electron chi connectivity index (χ4n) is 2.88. The SMILES string of the molecule is Cc1cccc(C(=O)OCC(=O)N2CCN(c3ccccn3)CC2)c1N. The molecule has 0 bridgehead atoms. The molecule has 0 saturated carbocycles. The number of anilines is 2. The van der Waals surface area contributed by atoms with Crippen molar-refractivity contribution in [3.8, 4) is 0 Å². The first-order valence-electron chi connectivity index (χ1n) is 8.52. The number of hydrogen-bond acceptors (Lipinski definition) is 6. The quantitative estimate of drug-likeness (QED) is 0.661. The molecule has 0 radical (unpaired) electrons. The van der Waals surface area contributed by atoms with Crippen molar-refractivity contribution in [2.24, 2.45) is 0 Å². The first-order valence-corrected chi connectivity index (χ1v) is 8.52. The largest absolute Gasteiger partial charge is 0.452 e. The van der Waals surface area contributed by atoms with E-state index in [1.54, 1.807) is 23.2 Å². The Kier molecular flexibility index (Phi) is 5.36. The van der Waals surface area contributed by atoms with Crippen molar-refractivity contribution >= 4 is 23.4 Å². The number of aromatic nitrogens is 1. The molecule has 1 saturated heterocycles. The minimum atomic E-state index is -0.577. The van der Waals surface area contributed by atoms with Crippen LogP contribution in [0, 0.1) is 6.92 Å². The summed E-state index contributed by atoms with van der Waals surface area (Å²) in [6.07, 6.45) is 1.75. The number of piperazine rings is 1. The number of esters is 1. The summed E-state index contributed by atoms with van der Waals surface area (Å²) in [7, 11) is 0. The number of aryl methyl sites for hydroxylation is 1. The first-order chi connectivity index (χ1) is 12.6. The van der Waals surface area contributed by atoms with Crippen molar-refractivity contribution < 1.29 is 14.3 Å². The Bertz CT molecular complexity index is 787. The summed E-state index contributed by atoms with van der Waals surface area (Å²) in [5, 5.41) is 0. The van der Waals surface area contributed by atoms with Gasteiger partial charge in [-0.3, -0.25) is 4.79 Å². The zero-order chi connectivity index (χ0) is 18.5. The van der Waals surface area contributed by atoms with Gasteiger partial charge >= 0.3 is 5.97 Å². The lowest BCUT2D eigenvalue weighted by molar-refractivity contribution is -0.134. The molecule has 1 aromatic carbocycles. The number of nitrogen functional groups attached to an aromatic ring is 1. The van der Waals surface area contributed by atoms with Crippen LogP contribution in [0.5, 0.6) is 0 Å². The van der Waals surface area contributed by atoms with Crippen LogP contribution in [-0.2, 0) is 9.53 Å². The second-order valence-electron chi connectivity index (χ2n) is 6.17. The molecule has 0 aliphatic carbocycles. The normalized spacial score (nSPS) is 14.2. The Balaban J connectivity index is 1.50. The van der Waals surface area contributed by atoms with E-state index in [4.69, 9.17) is 10.5 Å². The molecule has 2 heterocycles. The van der Waals surface area contributed by atoms with Gasteiger partial charge in [-0.1, -0.05) is 18.2 Å². The van der Waals surface area contributed by atoms with E-state index in [-0.39, 0.29) is 18.1 Å². The van der Waals surface area contributed by atoms with Gasteiger partial charge in [0, 0.05) is 38.1 Å². The topological polar surface area (TPSA) is 88.8 Å². The predicted octanol–water partition coefficient (Wildman–Crippen LogP) is 1.48. The van der Waals surface area contributed by atoms with E-state index in [1.165, 1.54) is 0 Å². The van der Waals surface area contributed by atoms with Crippen molar-refractivity contribution in [3.05, 3.63) is 53.7 Å². The number of rotatable bonds is 4. The van der Waals surface area contributed by atoms with Crippen molar-refractivity contribution in [3.63, 3.8) is 0 Å². The van der Waals surface area contributed by atoms with Gasteiger partial charge in [0.05, 0.1) is 5.56 Å².